The van der Waals surface area contributed by atoms with E-state index in [4.69, 9.17) is 15.2 Å². The Morgan fingerprint density at radius 1 is 1.26 bits per heavy atom. The van der Waals surface area contributed by atoms with Crippen LogP contribution >= 0.6 is 12.4 Å². The number of nitrogens with one attached hydrogen (secondary N) is 1. The standard InChI is InChI=1S/C15H24N2O4S.ClH/c1-10-7-12(20-3)13(21-4)8-14(10)22(18,19)17-15(2,9-16)11-5-6-11;/h7-8,11,17H,5-6,9,16H2,1-4H3;1H. The molecular formula is C15H25ClN2O4S. The summed E-state index contributed by atoms with van der Waals surface area (Å²) in [4.78, 5) is 0.186. The molecule has 0 bridgehead atoms. The summed E-state index contributed by atoms with van der Waals surface area (Å²) in [7, 11) is -0.695. The number of halogens is 1. The maximum atomic E-state index is 12.8. The van der Waals surface area contributed by atoms with Crippen LogP contribution in [0.25, 0.3) is 0 Å². The number of aryl methyl sites for hydroxylation is 1. The zero-order valence-electron chi connectivity index (χ0n) is 13.9. The summed E-state index contributed by atoms with van der Waals surface area (Å²) in [6, 6.07) is 3.14. The maximum Gasteiger partial charge on any atom is 0.241 e. The molecule has 1 fully saturated rings. The molecule has 0 aromatic heterocycles. The van der Waals surface area contributed by atoms with E-state index < -0.39 is 15.6 Å². The third kappa shape index (κ3) is 4.09. The number of rotatable bonds is 7. The van der Waals surface area contributed by atoms with Gasteiger partial charge in [-0.3, -0.25) is 0 Å². The number of hydrogen-bond acceptors (Lipinski definition) is 5. The molecular weight excluding hydrogens is 340 g/mol. The van der Waals surface area contributed by atoms with Crippen molar-refractivity contribution >= 4 is 22.4 Å². The molecule has 0 radical (unpaired) electrons. The van der Waals surface area contributed by atoms with Crippen molar-refractivity contribution in [1.82, 2.24) is 4.72 Å². The Hall–Kier alpha value is -1.02. The molecule has 0 spiro atoms. The van der Waals surface area contributed by atoms with Crippen LogP contribution in [0, 0.1) is 12.8 Å². The Morgan fingerprint density at radius 2 is 1.78 bits per heavy atom. The van der Waals surface area contributed by atoms with Crippen LogP contribution in [0.2, 0.25) is 0 Å². The Bertz CT molecular complexity index is 662. The highest BCUT2D eigenvalue weighted by Crippen LogP contribution is 2.40. The average molecular weight is 365 g/mol. The lowest BCUT2D eigenvalue weighted by molar-refractivity contribution is 0.353. The summed E-state index contributed by atoms with van der Waals surface area (Å²) in [6.07, 6.45) is 2.00. The lowest BCUT2D eigenvalue weighted by Crippen LogP contribution is -2.53. The normalized spacial score (nSPS) is 17.1. The molecule has 6 nitrogen and oxygen atoms in total. The van der Waals surface area contributed by atoms with Crippen molar-refractivity contribution in [3.63, 3.8) is 0 Å². The van der Waals surface area contributed by atoms with E-state index in [9.17, 15) is 8.42 Å². The minimum Gasteiger partial charge on any atom is -0.493 e. The van der Waals surface area contributed by atoms with Gasteiger partial charge >= 0.3 is 0 Å². The van der Waals surface area contributed by atoms with Crippen LogP contribution in [-0.2, 0) is 10.0 Å². The summed E-state index contributed by atoms with van der Waals surface area (Å²) >= 11 is 0. The summed E-state index contributed by atoms with van der Waals surface area (Å²) < 4.78 is 38.7. The second-order valence-electron chi connectivity index (χ2n) is 5.97. The zero-order valence-corrected chi connectivity index (χ0v) is 15.5. The van der Waals surface area contributed by atoms with E-state index >= 15 is 0 Å². The van der Waals surface area contributed by atoms with Crippen LogP contribution in [0.5, 0.6) is 11.5 Å². The largest absolute Gasteiger partial charge is 0.493 e. The third-order valence-electron chi connectivity index (χ3n) is 4.24. The summed E-state index contributed by atoms with van der Waals surface area (Å²) in [6.45, 7) is 3.86. The molecule has 1 aromatic rings. The Balaban J connectivity index is 0.00000264. The Kier molecular flexibility index (Phi) is 6.32. The lowest BCUT2D eigenvalue weighted by Gasteiger charge is -2.29. The first-order valence-corrected chi connectivity index (χ1v) is 8.72. The average Bonchev–Trinajstić information content (AvgIpc) is 3.31. The topological polar surface area (TPSA) is 90.7 Å². The molecule has 1 saturated carbocycles. The third-order valence-corrected chi connectivity index (χ3v) is 5.99. The SMILES string of the molecule is COc1cc(C)c(S(=O)(=O)NC(C)(CN)C2CC2)cc1OC.Cl. The van der Waals surface area contributed by atoms with Crippen molar-refractivity contribution < 1.29 is 17.9 Å². The molecule has 8 heteroatoms. The van der Waals surface area contributed by atoms with E-state index in [1.807, 2.05) is 6.92 Å². The predicted molar refractivity (Wildman–Crippen MR) is 92.0 cm³/mol. The highest BCUT2D eigenvalue weighted by molar-refractivity contribution is 7.89. The van der Waals surface area contributed by atoms with Gasteiger partial charge in [-0.05, 0) is 44.2 Å². The van der Waals surface area contributed by atoms with Crippen molar-refractivity contribution in [2.24, 2.45) is 11.7 Å². The van der Waals surface area contributed by atoms with Gasteiger partial charge in [0.25, 0.3) is 0 Å². The quantitative estimate of drug-likeness (QED) is 0.770. The molecule has 0 aliphatic heterocycles. The van der Waals surface area contributed by atoms with E-state index in [2.05, 4.69) is 4.72 Å². The van der Waals surface area contributed by atoms with Gasteiger partial charge in [0.15, 0.2) is 11.5 Å². The van der Waals surface area contributed by atoms with Gasteiger partial charge in [-0.25, -0.2) is 13.1 Å². The van der Waals surface area contributed by atoms with Crippen LogP contribution in [0.15, 0.2) is 17.0 Å². The van der Waals surface area contributed by atoms with Gasteiger partial charge in [0, 0.05) is 18.2 Å². The highest BCUT2D eigenvalue weighted by Gasteiger charge is 2.43. The first-order valence-electron chi connectivity index (χ1n) is 7.24. The monoisotopic (exact) mass is 364 g/mol. The molecule has 2 rings (SSSR count). The second-order valence-corrected chi connectivity index (χ2v) is 7.62. The van der Waals surface area contributed by atoms with Crippen LogP contribution < -0.4 is 19.9 Å². The van der Waals surface area contributed by atoms with E-state index in [1.54, 1.807) is 13.0 Å². The van der Waals surface area contributed by atoms with Crippen LogP contribution in [0.3, 0.4) is 0 Å². The van der Waals surface area contributed by atoms with Crippen LogP contribution in [0.4, 0.5) is 0 Å². The fourth-order valence-corrected chi connectivity index (χ4v) is 4.34. The molecule has 132 valence electrons. The molecule has 1 aliphatic rings. The first kappa shape index (κ1) is 20.0. The van der Waals surface area contributed by atoms with Crippen molar-refractivity contribution in [1.29, 1.82) is 0 Å². The number of hydrogen-bond donors (Lipinski definition) is 2. The van der Waals surface area contributed by atoms with Gasteiger partial charge in [-0.2, -0.15) is 0 Å². The summed E-state index contributed by atoms with van der Waals surface area (Å²) in [5, 5.41) is 0. The van der Waals surface area contributed by atoms with Crippen molar-refractivity contribution in [2.75, 3.05) is 20.8 Å². The number of methoxy groups -OCH3 is 2. The highest BCUT2D eigenvalue weighted by atomic mass is 35.5. The van der Waals surface area contributed by atoms with E-state index in [0.29, 0.717) is 23.0 Å². The number of benzene rings is 1. The van der Waals surface area contributed by atoms with E-state index in [-0.39, 0.29) is 23.8 Å². The molecule has 0 amide bonds. The summed E-state index contributed by atoms with van der Waals surface area (Å²) in [5.74, 6) is 1.19. The number of nitrogens with two attached hydrogens (primary N) is 1. The molecule has 1 atom stereocenters. The first-order chi connectivity index (χ1) is 10.3. The van der Waals surface area contributed by atoms with E-state index in [1.165, 1.54) is 20.3 Å². The van der Waals surface area contributed by atoms with Gasteiger partial charge in [0.05, 0.1) is 19.1 Å². The molecule has 1 aromatic carbocycles. The van der Waals surface area contributed by atoms with Crippen LogP contribution in [-0.4, -0.2) is 34.7 Å². The summed E-state index contributed by atoms with van der Waals surface area (Å²) in [5.41, 5.74) is 5.79. The zero-order chi connectivity index (χ0) is 16.5. The fourth-order valence-electron chi connectivity index (χ4n) is 2.63. The van der Waals surface area contributed by atoms with Gasteiger partial charge in [0.1, 0.15) is 0 Å². The minimum absolute atomic E-state index is 0. The minimum atomic E-state index is -3.69. The predicted octanol–water partition coefficient (Wildman–Crippen LogP) is 1.84. The van der Waals surface area contributed by atoms with Gasteiger partial charge < -0.3 is 15.2 Å². The molecule has 3 N–H and O–H groups in total. The fraction of sp³-hybridized carbons (Fsp3) is 0.600. The maximum absolute atomic E-state index is 12.8. The lowest BCUT2D eigenvalue weighted by atomic mass is 9.98. The Morgan fingerprint density at radius 3 is 2.22 bits per heavy atom. The smallest absolute Gasteiger partial charge is 0.241 e. The second kappa shape index (κ2) is 7.25. The van der Waals surface area contributed by atoms with Gasteiger partial charge in [-0.1, -0.05) is 0 Å². The molecule has 1 aliphatic carbocycles. The van der Waals surface area contributed by atoms with Crippen molar-refractivity contribution in [3.05, 3.63) is 17.7 Å². The molecule has 0 saturated heterocycles. The van der Waals surface area contributed by atoms with Gasteiger partial charge in [-0.15, -0.1) is 12.4 Å². The molecule has 1 unspecified atom stereocenters. The van der Waals surface area contributed by atoms with Crippen molar-refractivity contribution in [3.8, 4) is 11.5 Å². The Labute approximate surface area is 144 Å². The molecule has 0 heterocycles. The van der Waals surface area contributed by atoms with Crippen molar-refractivity contribution in [2.45, 2.75) is 37.1 Å². The number of ether oxygens (including phenoxy) is 2. The van der Waals surface area contributed by atoms with E-state index in [0.717, 1.165) is 12.8 Å². The van der Waals surface area contributed by atoms with Gasteiger partial charge in [0.2, 0.25) is 10.0 Å². The number of sulfonamides is 1. The molecule has 23 heavy (non-hydrogen) atoms. The van der Waals surface area contributed by atoms with Crippen LogP contribution in [0.1, 0.15) is 25.3 Å².